The van der Waals surface area contributed by atoms with Crippen molar-refractivity contribution >= 4 is 17.2 Å². The highest BCUT2D eigenvalue weighted by atomic mass is 35.5. The Kier molecular flexibility index (Phi) is 9.52. The molecule has 1 fully saturated rings. The molecular formula is C26H38ClFO2. The zero-order valence-electron chi connectivity index (χ0n) is 18.7. The van der Waals surface area contributed by atoms with Gasteiger partial charge in [-0.2, -0.15) is 0 Å². The van der Waals surface area contributed by atoms with Gasteiger partial charge in [0.25, 0.3) is 0 Å². The number of benzene rings is 1. The second-order valence-electron chi connectivity index (χ2n) is 9.01. The molecule has 0 aromatic heterocycles. The molecular weight excluding hydrogens is 399 g/mol. The molecule has 0 amide bonds. The van der Waals surface area contributed by atoms with Crippen molar-refractivity contribution in [2.75, 3.05) is 13.2 Å². The van der Waals surface area contributed by atoms with Crippen LogP contribution in [0.1, 0.15) is 90.0 Å². The van der Waals surface area contributed by atoms with Gasteiger partial charge in [-0.15, -0.1) is 0 Å². The molecule has 4 heteroatoms. The van der Waals surface area contributed by atoms with E-state index < -0.39 is 5.82 Å². The van der Waals surface area contributed by atoms with Crippen LogP contribution in [0.15, 0.2) is 18.2 Å². The Morgan fingerprint density at radius 3 is 2.47 bits per heavy atom. The molecule has 1 saturated carbocycles. The topological polar surface area (TPSA) is 18.5 Å². The highest BCUT2D eigenvalue weighted by molar-refractivity contribution is 6.32. The van der Waals surface area contributed by atoms with Crippen molar-refractivity contribution in [1.82, 2.24) is 0 Å². The Bertz CT molecular complexity index is 695. The van der Waals surface area contributed by atoms with Gasteiger partial charge in [0.2, 0.25) is 0 Å². The zero-order valence-corrected chi connectivity index (χ0v) is 19.5. The van der Waals surface area contributed by atoms with Crippen LogP contribution in [0, 0.1) is 17.7 Å². The molecule has 1 atom stereocenters. The van der Waals surface area contributed by atoms with Crippen molar-refractivity contribution in [2.24, 2.45) is 11.8 Å². The van der Waals surface area contributed by atoms with Crippen LogP contribution in [0.5, 0.6) is 5.75 Å². The fourth-order valence-electron chi connectivity index (χ4n) is 4.89. The lowest BCUT2D eigenvalue weighted by Crippen LogP contribution is -2.23. The number of hydrogen-bond acceptors (Lipinski definition) is 2. The van der Waals surface area contributed by atoms with Crippen molar-refractivity contribution in [1.29, 1.82) is 0 Å². The smallest absolute Gasteiger partial charge is 0.184 e. The summed E-state index contributed by atoms with van der Waals surface area (Å²) in [5.74, 6) is 1.45. The van der Waals surface area contributed by atoms with Crippen molar-refractivity contribution in [3.8, 4) is 5.75 Å². The van der Waals surface area contributed by atoms with Crippen molar-refractivity contribution in [2.45, 2.75) is 90.6 Å². The Morgan fingerprint density at radius 1 is 1.03 bits per heavy atom. The highest BCUT2D eigenvalue weighted by Crippen LogP contribution is 2.37. The van der Waals surface area contributed by atoms with Gasteiger partial charge in [-0.1, -0.05) is 63.1 Å². The quantitative estimate of drug-likeness (QED) is 0.344. The number of ether oxygens (including phenoxy) is 2. The van der Waals surface area contributed by atoms with Crippen LogP contribution in [0.25, 0.3) is 5.57 Å². The molecule has 0 aliphatic heterocycles. The summed E-state index contributed by atoms with van der Waals surface area (Å²) < 4.78 is 26.0. The minimum absolute atomic E-state index is 0.169. The maximum atomic E-state index is 14.4. The molecule has 0 saturated heterocycles. The zero-order chi connectivity index (χ0) is 21.3. The van der Waals surface area contributed by atoms with Crippen LogP contribution < -0.4 is 4.74 Å². The van der Waals surface area contributed by atoms with E-state index in [0.717, 1.165) is 48.8 Å². The number of hydrogen-bond donors (Lipinski definition) is 0. The molecule has 0 N–H and O–H groups in total. The van der Waals surface area contributed by atoms with Crippen LogP contribution in [0.2, 0.25) is 5.02 Å². The first-order chi connectivity index (χ1) is 14.6. The first kappa shape index (κ1) is 23.6. The van der Waals surface area contributed by atoms with Crippen molar-refractivity contribution < 1.29 is 13.9 Å². The molecule has 0 bridgehead atoms. The molecule has 168 valence electrons. The second-order valence-corrected chi connectivity index (χ2v) is 9.39. The SMILES string of the molecule is CCCCCC1CCC(COC2CC=C(c3ccc(OCC)c(F)c3Cl)CC2)CC1. The largest absolute Gasteiger partial charge is 0.491 e. The van der Waals surface area contributed by atoms with E-state index in [9.17, 15) is 4.39 Å². The number of allylic oxidation sites excluding steroid dienone is 1. The lowest BCUT2D eigenvalue weighted by Gasteiger charge is -2.30. The van der Waals surface area contributed by atoms with E-state index in [1.165, 1.54) is 51.4 Å². The van der Waals surface area contributed by atoms with Crippen molar-refractivity contribution in [3.63, 3.8) is 0 Å². The summed E-state index contributed by atoms with van der Waals surface area (Å²) in [6.07, 6.45) is 16.1. The van der Waals surface area contributed by atoms with Gasteiger partial charge in [0, 0.05) is 6.61 Å². The molecule has 0 spiro atoms. The summed E-state index contributed by atoms with van der Waals surface area (Å²) in [4.78, 5) is 0. The molecule has 1 aromatic rings. The molecule has 2 nitrogen and oxygen atoms in total. The third-order valence-corrected chi connectivity index (χ3v) is 7.17. The van der Waals surface area contributed by atoms with Gasteiger partial charge in [0.1, 0.15) is 0 Å². The predicted octanol–water partition coefficient (Wildman–Crippen LogP) is 8.22. The number of halogens is 2. The molecule has 3 rings (SSSR count). The van der Waals surface area contributed by atoms with E-state index >= 15 is 0 Å². The average Bonchev–Trinajstić information content (AvgIpc) is 2.77. The van der Waals surface area contributed by atoms with Gasteiger partial charge in [-0.3, -0.25) is 0 Å². The van der Waals surface area contributed by atoms with Gasteiger partial charge in [0.05, 0.1) is 17.7 Å². The fourth-order valence-corrected chi connectivity index (χ4v) is 5.17. The summed E-state index contributed by atoms with van der Waals surface area (Å²) in [6, 6.07) is 3.56. The highest BCUT2D eigenvalue weighted by Gasteiger charge is 2.24. The minimum Gasteiger partial charge on any atom is -0.491 e. The average molecular weight is 437 g/mol. The van der Waals surface area contributed by atoms with E-state index in [4.69, 9.17) is 21.1 Å². The van der Waals surface area contributed by atoms with Crippen molar-refractivity contribution in [3.05, 3.63) is 34.6 Å². The first-order valence-corrected chi connectivity index (χ1v) is 12.4. The van der Waals surface area contributed by atoms with Crippen LogP contribution in [0.4, 0.5) is 4.39 Å². The van der Waals surface area contributed by atoms with E-state index in [-0.39, 0.29) is 16.9 Å². The standard InChI is InChI=1S/C26H38ClFO2/c1-3-5-6-7-19-8-10-20(11-9-19)18-30-22-14-12-21(13-15-22)23-16-17-24(29-4-2)26(28)25(23)27/h12,16-17,19-20,22H,3-11,13-15,18H2,1-2H3. The molecule has 0 heterocycles. The summed E-state index contributed by atoms with van der Waals surface area (Å²) in [6.45, 7) is 5.44. The fraction of sp³-hybridized carbons (Fsp3) is 0.692. The normalized spacial score (nSPS) is 24.5. The summed E-state index contributed by atoms with van der Waals surface area (Å²) >= 11 is 6.29. The van der Waals surface area contributed by atoms with E-state index in [2.05, 4.69) is 13.0 Å². The number of unbranched alkanes of at least 4 members (excludes halogenated alkanes) is 2. The van der Waals surface area contributed by atoms with E-state index in [0.29, 0.717) is 6.61 Å². The Hall–Kier alpha value is -1.06. The predicted molar refractivity (Wildman–Crippen MR) is 124 cm³/mol. The van der Waals surface area contributed by atoms with Gasteiger partial charge in [0.15, 0.2) is 11.6 Å². The molecule has 1 aromatic carbocycles. The molecule has 2 aliphatic rings. The summed E-state index contributed by atoms with van der Waals surface area (Å²) in [5, 5.41) is 0.169. The lowest BCUT2D eigenvalue weighted by molar-refractivity contribution is 0.0130. The monoisotopic (exact) mass is 436 g/mol. The van der Waals surface area contributed by atoms with Gasteiger partial charge in [-0.05, 0) is 74.1 Å². The Balaban J connectivity index is 1.43. The van der Waals surface area contributed by atoms with Crippen LogP contribution in [-0.4, -0.2) is 19.3 Å². The lowest BCUT2D eigenvalue weighted by atomic mass is 9.80. The maximum Gasteiger partial charge on any atom is 0.184 e. The maximum absolute atomic E-state index is 14.4. The van der Waals surface area contributed by atoms with Crippen LogP contribution in [0.3, 0.4) is 0 Å². The third-order valence-electron chi connectivity index (χ3n) is 6.81. The van der Waals surface area contributed by atoms with Gasteiger partial charge < -0.3 is 9.47 Å². The van der Waals surface area contributed by atoms with Crippen LogP contribution in [-0.2, 0) is 4.74 Å². The molecule has 0 radical (unpaired) electrons. The molecule has 1 unspecified atom stereocenters. The molecule has 30 heavy (non-hydrogen) atoms. The third kappa shape index (κ3) is 6.47. The first-order valence-electron chi connectivity index (χ1n) is 12.0. The molecule has 2 aliphatic carbocycles. The summed E-state index contributed by atoms with van der Waals surface area (Å²) in [5.41, 5.74) is 1.91. The summed E-state index contributed by atoms with van der Waals surface area (Å²) in [7, 11) is 0. The van der Waals surface area contributed by atoms with E-state index in [1.54, 1.807) is 6.07 Å². The van der Waals surface area contributed by atoms with Crippen LogP contribution >= 0.6 is 11.6 Å². The Morgan fingerprint density at radius 2 is 1.80 bits per heavy atom. The van der Waals surface area contributed by atoms with Gasteiger partial charge in [-0.25, -0.2) is 4.39 Å². The number of rotatable bonds is 10. The van der Waals surface area contributed by atoms with E-state index in [1.807, 2.05) is 13.0 Å². The second kappa shape index (κ2) is 12.1. The minimum atomic E-state index is -0.458. The van der Waals surface area contributed by atoms with Gasteiger partial charge >= 0.3 is 0 Å². The Labute approximate surface area is 187 Å².